The van der Waals surface area contributed by atoms with Crippen molar-refractivity contribution in [3.05, 3.63) is 77.3 Å². The molecule has 1 amide bonds. The summed E-state index contributed by atoms with van der Waals surface area (Å²) in [7, 11) is 0. The van der Waals surface area contributed by atoms with Crippen LogP contribution in [-0.4, -0.2) is 24.3 Å². The molecule has 0 spiro atoms. The number of ether oxygens (including phenoxy) is 1. The number of nitrogens with one attached hydrogen (secondary N) is 1. The summed E-state index contributed by atoms with van der Waals surface area (Å²) in [4.78, 5) is 12.3. The SMILES string of the molecule is C[C@@H](Oc1cccc2ccccc12)C(=O)NCCSCc1cccc(Cl)c1. The lowest BCUT2D eigenvalue weighted by Gasteiger charge is -2.16. The summed E-state index contributed by atoms with van der Waals surface area (Å²) in [5, 5.41) is 5.80. The third kappa shape index (κ3) is 5.65. The Morgan fingerprint density at radius 2 is 1.89 bits per heavy atom. The van der Waals surface area contributed by atoms with Crippen molar-refractivity contribution in [2.45, 2.75) is 18.8 Å². The van der Waals surface area contributed by atoms with E-state index in [1.165, 1.54) is 5.56 Å². The second-order valence-corrected chi connectivity index (χ2v) is 7.75. The third-order valence-corrected chi connectivity index (χ3v) is 5.39. The number of fused-ring (bicyclic) bond motifs is 1. The monoisotopic (exact) mass is 399 g/mol. The van der Waals surface area contributed by atoms with Crippen LogP contribution in [0, 0.1) is 0 Å². The minimum atomic E-state index is -0.547. The Kier molecular flexibility index (Phi) is 7.02. The van der Waals surface area contributed by atoms with Crippen LogP contribution in [0.1, 0.15) is 12.5 Å². The van der Waals surface area contributed by atoms with Crippen LogP contribution in [0.5, 0.6) is 5.75 Å². The molecular weight excluding hydrogens is 378 g/mol. The molecule has 0 aromatic heterocycles. The van der Waals surface area contributed by atoms with Crippen LogP contribution >= 0.6 is 23.4 Å². The molecule has 0 aliphatic rings. The van der Waals surface area contributed by atoms with Crippen LogP contribution in [0.2, 0.25) is 5.02 Å². The van der Waals surface area contributed by atoms with E-state index in [2.05, 4.69) is 11.4 Å². The van der Waals surface area contributed by atoms with E-state index in [1.807, 2.05) is 60.7 Å². The van der Waals surface area contributed by atoms with Crippen LogP contribution in [0.4, 0.5) is 0 Å². The zero-order chi connectivity index (χ0) is 19.1. The second-order valence-electron chi connectivity index (χ2n) is 6.21. The normalized spacial score (nSPS) is 11.9. The van der Waals surface area contributed by atoms with Gasteiger partial charge in [-0.1, -0.05) is 60.1 Å². The molecule has 3 aromatic rings. The molecule has 0 saturated carbocycles. The molecule has 3 nitrogen and oxygen atoms in total. The molecular formula is C22H22ClNO2S. The number of carbonyl (C=O) groups is 1. The first-order chi connectivity index (χ1) is 13.1. The van der Waals surface area contributed by atoms with Crippen molar-refractivity contribution in [3.63, 3.8) is 0 Å². The van der Waals surface area contributed by atoms with Gasteiger partial charge in [0.15, 0.2) is 6.10 Å². The van der Waals surface area contributed by atoms with Crippen LogP contribution in [-0.2, 0) is 10.5 Å². The molecule has 0 unspecified atom stereocenters. The number of amides is 1. The number of hydrogen-bond acceptors (Lipinski definition) is 3. The van der Waals surface area contributed by atoms with Gasteiger partial charge in [0.2, 0.25) is 0 Å². The molecule has 0 aliphatic heterocycles. The van der Waals surface area contributed by atoms with Gasteiger partial charge >= 0.3 is 0 Å². The number of halogens is 1. The number of hydrogen-bond donors (Lipinski definition) is 1. The van der Waals surface area contributed by atoms with Crippen molar-refractivity contribution in [3.8, 4) is 5.75 Å². The molecule has 0 radical (unpaired) electrons. The van der Waals surface area contributed by atoms with Gasteiger partial charge in [-0.15, -0.1) is 0 Å². The van der Waals surface area contributed by atoms with E-state index in [9.17, 15) is 4.79 Å². The molecule has 27 heavy (non-hydrogen) atoms. The molecule has 1 atom stereocenters. The predicted octanol–water partition coefficient (Wildman–Crippen LogP) is 5.31. The topological polar surface area (TPSA) is 38.3 Å². The van der Waals surface area contributed by atoms with E-state index >= 15 is 0 Å². The average Bonchev–Trinajstić information content (AvgIpc) is 2.68. The fourth-order valence-electron chi connectivity index (χ4n) is 2.75. The molecule has 140 valence electrons. The van der Waals surface area contributed by atoms with Gasteiger partial charge in [-0.05, 0) is 36.1 Å². The summed E-state index contributed by atoms with van der Waals surface area (Å²) >= 11 is 7.74. The highest BCUT2D eigenvalue weighted by atomic mass is 35.5. The number of thioether (sulfide) groups is 1. The van der Waals surface area contributed by atoms with Crippen molar-refractivity contribution in [1.29, 1.82) is 0 Å². The molecule has 0 heterocycles. The first-order valence-electron chi connectivity index (χ1n) is 8.88. The zero-order valence-electron chi connectivity index (χ0n) is 15.2. The largest absolute Gasteiger partial charge is 0.480 e. The van der Waals surface area contributed by atoms with E-state index in [0.717, 1.165) is 33.1 Å². The Labute approximate surface area is 169 Å². The molecule has 1 N–H and O–H groups in total. The van der Waals surface area contributed by atoms with E-state index in [4.69, 9.17) is 16.3 Å². The minimum absolute atomic E-state index is 0.105. The smallest absolute Gasteiger partial charge is 0.260 e. The lowest BCUT2D eigenvalue weighted by molar-refractivity contribution is -0.127. The van der Waals surface area contributed by atoms with Gasteiger partial charge in [0, 0.05) is 28.5 Å². The summed E-state index contributed by atoms with van der Waals surface area (Å²) in [6.07, 6.45) is -0.547. The first-order valence-corrected chi connectivity index (χ1v) is 10.4. The molecule has 5 heteroatoms. The van der Waals surface area contributed by atoms with E-state index < -0.39 is 6.10 Å². The van der Waals surface area contributed by atoms with Crippen LogP contribution in [0.15, 0.2) is 66.7 Å². The number of benzene rings is 3. The van der Waals surface area contributed by atoms with Crippen molar-refractivity contribution in [2.24, 2.45) is 0 Å². The lowest BCUT2D eigenvalue weighted by atomic mass is 10.1. The van der Waals surface area contributed by atoms with Crippen LogP contribution < -0.4 is 10.1 Å². The van der Waals surface area contributed by atoms with Crippen molar-refractivity contribution < 1.29 is 9.53 Å². The van der Waals surface area contributed by atoms with E-state index in [0.29, 0.717) is 6.54 Å². The van der Waals surface area contributed by atoms with Crippen LogP contribution in [0.3, 0.4) is 0 Å². The highest BCUT2D eigenvalue weighted by Crippen LogP contribution is 2.26. The Balaban J connectivity index is 1.44. The molecule has 0 saturated heterocycles. The molecule has 3 aromatic carbocycles. The van der Waals surface area contributed by atoms with Gasteiger partial charge in [0.25, 0.3) is 5.91 Å². The summed E-state index contributed by atoms with van der Waals surface area (Å²) in [6, 6.07) is 21.7. The van der Waals surface area contributed by atoms with Gasteiger partial charge in [0.05, 0.1) is 0 Å². The van der Waals surface area contributed by atoms with Gasteiger partial charge in [0.1, 0.15) is 5.75 Å². The number of carbonyl (C=O) groups excluding carboxylic acids is 1. The third-order valence-electron chi connectivity index (χ3n) is 4.13. The van der Waals surface area contributed by atoms with Gasteiger partial charge in [-0.2, -0.15) is 11.8 Å². The summed E-state index contributed by atoms with van der Waals surface area (Å²) < 4.78 is 5.90. The molecule has 0 fully saturated rings. The maximum atomic E-state index is 12.3. The van der Waals surface area contributed by atoms with Crippen molar-refractivity contribution in [2.75, 3.05) is 12.3 Å². The second kappa shape index (κ2) is 9.67. The van der Waals surface area contributed by atoms with Gasteiger partial charge in [-0.25, -0.2) is 0 Å². The maximum Gasteiger partial charge on any atom is 0.260 e. The van der Waals surface area contributed by atoms with Gasteiger partial charge in [-0.3, -0.25) is 4.79 Å². The molecule has 3 rings (SSSR count). The maximum absolute atomic E-state index is 12.3. The van der Waals surface area contributed by atoms with Crippen molar-refractivity contribution in [1.82, 2.24) is 5.32 Å². The lowest BCUT2D eigenvalue weighted by Crippen LogP contribution is -2.37. The fraction of sp³-hybridized carbons (Fsp3) is 0.227. The number of rotatable bonds is 8. The van der Waals surface area contributed by atoms with E-state index in [1.54, 1.807) is 18.7 Å². The highest BCUT2D eigenvalue weighted by molar-refractivity contribution is 7.98. The fourth-order valence-corrected chi connectivity index (χ4v) is 3.77. The Bertz CT molecular complexity index is 910. The van der Waals surface area contributed by atoms with E-state index in [-0.39, 0.29) is 5.91 Å². The summed E-state index contributed by atoms with van der Waals surface area (Å²) in [5.74, 6) is 2.33. The van der Waals surface area contributed by atoms with Crippen LogP contribution in [0.25, 0.3) is 10.8 Å². The summed E-state index contributed by atoms with van der Waals surface area (Å²) in [5.41, 5.74) is 1.19. The molecule has 0 bridgehead atoms. The standard InChI is InChI=1S/C22H22ClNO2S/c1-16(26-21-11-5-8-18-7-2-3-10-20(18)21)22(25)24-12-13-27-15-17-6-4-9-19(23)14-17/h2-11,14,16H,12-13,15H2,1H3,(H,24,25)/t16-/m1/s1. The predicted molar refractivity (Wildman–Crippen MR) is 115 cm³/mol. The van der Waals surface area contributed by atoms with Gasteiger partial charge < -0.3 is 10.1 Å². The Morgan fingerprint density at radius 1 is 1.11 bits per heavy atom. The van der Waals surface area contributed by atoms with Crippen molar-refractivity contribution >= 4 is 40.0 Å². The first kappa shape index (κ1) is 19.6. The Hall–Kier alpha value is -2.17. The molecule has 0 aliphatic carbocycles. The average molecular weight is 400 g/mol. The Morgan fingerprint density at radius 3 is 2.74 bits per heavy atom. The minimum Gasteiger partial charge on any atom is -0.480 e. The highest BCUT2D eigenvalue weighted by Gasteiger charge is 2.15. The quantitative estimate of drug-likeness (QED) is 0.521. The zero-order valence-corrected chi connectivity index (χ0v) is 16.7. The summed E-state index contributed by atoms with van der Waals surface area (Å²) in [6.45, 7) is 2.38.